The van der Waals surface area contributed by atoms with E-state index in [4.69, 9.17) is 0 Å². The van der Waals surface area contributed by atoms with Gasteiger partial charge in [0.05, 0.1) is 15.9 Å². The van der Waals surface area contributed by atoms with E-state index >= 15 is 0 Å². The number of hydrogen-bond donors (Lipinski definition) is 1. The van der Waals surface area contributed by atoms with Gasteiger partial charge in [-0.1, -0.05) is 24.8 Å². The van der Waals surface area contributed by atoms with Gasteiger partial charge < -0.3 is 10.2 Å². The second-order valence-corrected chi connectivity index (χ2v) is 9.13. The van der Waals surface area contributed by atoms with Crippen molar-refractivity contribution in [2.45, 2.75) is 25.3 Å². The molecule has 0 saturated heterocycles. The topological polar surface area (TPSA) is 59.3 Å². The summed E-state index contributed by atoms with van der Waals surface area (Å²) in [7, 11) is 1.78. The lowest BCUT2D eigenvalue weighted by molar-refractivity contribution is 0.294. The summed E-state index contributed by atoms with van der Waals surface area (Å²) >= 11 is 3.16. The van der Waals surface area contributed by atoms with Crippen LogP contribution in [0.2, 0.25) is 0 Å². The van der Waals surface area contributed by atoms with Crippen LogP contribution in [0.25, 0.3) is 11.4 Å². The normalized spacial score (nSPS) is 15.7. The molecule has 1 aliphatic heterocycles. The van der Waals surface area contributed by atoms with E-state index in [1.54, 1.807) is 34.7 Å². The minimum atomic E-state index is -0.422. The summed E-state index contributed by atoms with van der Waals surface area (Å²) in [6.07, 6.45) is 4.30. The van der Waals surface area contributed by atoms with E-state index in [0.29, 0.717) is 38.6 Å². The second-order valence-electron chi connectivity index (χ2n) is 8.27. The number of aromatic nitrogens is 2. The molecule has 0 unspecified atom stereocenters. The molecule has 1 saturated carbocycles. The summed E-state index contributed by atoms with van der Waals surface area (Å²) in [6.45, 7) is 4.10. The lowest BCUT2D eigenvalue weighted by atomic mass is 9.92. The summed E-state index contributed by atoms with van der Waals surface area (Å²) < 4.78 is 17.4. The SMILES string of the molecule is C=C1C=C(Nc2ccc(Br)c(F)c2)c2c(n(-c3ccccc3)c(=O)n(C3CCC3)c2=O)N1C. The number of likely N-dealkylation sites (N-methyl/N-ethyl adjacent to an activating group) is 1. The molecule has 1 aliphatic carbocycles. The molecule has 0 atom stereocenters. The fourth-order valence-electron chi connectivity index (χ4n) is 4.24. The second kappa shape index (κ2) is 8.19. The number of para-hydroxylation sites is 1. The Balaban J connectivity index is 1.79. The van der Waals surface area contributed by atoms with E-state index in [1.807, 2.05) is 30.3 Å². The maximum atomic E-state index is 14.2. The van der Waals surface area contributed by atoms with Crippen LogP contribution in [0.1, 0.15) is 30.9 Å². The molecule has 0 bridgehead atoms. The Hall–Kier alpha value is -3.39. The predicted molar refractivity (Wildman–Crippen MR) is 132 cm³/mol. The first kappa shape index (κ1) is 21.5. The highest BCUT2D eigenvalue weighted by Crippen LogP contribution is 2.36. The third kappa shape index (κ3) is 3.54. The first-order chi connectivity index (χ1) is 15.9. The number of halogens is 2. The fraction of sp³-hybridized carbons (Fsp3) is 0.200. The van der Waals surface area contributed by atoms with Crippen molar-refractivity contribution in [2.75, 3.05) is 17.3 Å². The average Bonchev–Trinajstić information content (AvgIpc) is 2.76. The molecule has 0 radical (unpaired) electrons. The van der Waals surface area contributed by atoms with Gasteiger partial charge in [-0.15, -0.1) is 0 Å². The van der Waals surface area contributed by atoms with Gasteiger partial charge in [-0.05, 0) is 71.6 Å². The number of fused-ring (bicyclic) bond motifs is 1. The predicted octanol–water partition coefficient (Wildman–Crippen LogP) is 5.04. The summed E-state index contributed by atoms with van der Waals surface area (Å²) in [5.74, 6) is 0.00747. The number of nitrogens with one attached hydrogen (secondary N) is 1. The number of hydrogen-bond acceptors (Lipinski definition) is 4. The zero-order valence-corrected chi connectivity index (χ0v) is 19.6. The number of anilines is 2. The van der Waals surface area contributed by atoms with Crippen LogP contribution >= 0.6 is 15.9 Å². The zero-order chi connectivity index (χ0) is 23.3. The van der Waals surface area contributed by atoms with Gasteiger partial charge in [0.25, 0.3) is 5.56 Å². The van der Waals surface area contributed by atoms with Crippen LogP contribution < -0.4 is 21.5 Å². The quantitative estimate of drug-likeness (QED) is 0.536. The lowest BCUT2D eigenvalue weighted by Gasteiger charge is -2.34. The van der Waals surface area contributed by atoms with Crippen LogP contribution in [0.4, 0.5) is 15.9 Å². The highest BCUT2D eigenvalue weighted by Gasteiger charge is 2.33. The lowest BCUT2D eigenvalue weighted by Crippen LogP contribution is -2.48. The Morgan fingerprint density at radius 3 is 2.48 bits per heavy atom. The maximum Gasteiger partial charge on any atom is 0.337 e. The minimum Gasteiger partial charge on any atom is -0.355 e. The molecule has 1 N–H and O–H groups in total. The summed E-state index contributed by atoms with van der Waals surface area (Å²) in [5.41, 5.74) is 1.82. The minimum absolute atomic E-state index is 0.132. The van der Waals surface area contributed by atoms with E-state index in [1.165, 1.54) is 10.6 Å². The van der Waals surface area contributed by atoms with Gasteiger partial charge in [0.2, 0.25) is 0 Å². The molecule has 2 aliphatic rings. The van der Waals surface area contributed by atoms with Gasteiger partial charge in [-0.25, -0.2) is 13.8 Å². The average molecular weight is 509 g/mol. The van der Waals surface area contributed by atoms with Crippen LogP contribution in [0.5, 0.6) is 0 Å². The Morgan fingerprint density at radius 2 is 1.85 bits per heavy atom. The van der Waals surface area contributed by atoms with Crippen LogP contribution in [0, 0.1) is 5.82 Å². The molecule has 168 valence electrons. The summed E-state index contributed by atoms with van der Waals surface area (Å²) in [4.78, 5) is 29.2. The summed E-state index contributed by atoms with van der Waals surface area (Å²) in [5, 5.41) is 3.18. The molecule has 2 heterocycles. The van der Waals surface area contributed by atoms with Crippen molar-refractivity contribution in [3.63, 3.8) is 0 Å². The Bertz CT molecular complexity index is 1420. The molecular formula is C25H22BrFN4O2. The molecule has 5 rings (SSSR count). The number of rotatable bonds is 4. The first-order valence-electron chi connectivity index (χ1n) is 10.7. The first-order valence-corrected chi connectivity index (χ1v) is 11.5. The molecular weight excluding hydrogens is 487 g/mol. The van der Waals surface area contributed by atoms with E-state index in [9.17, 15) is 14.0 Å². The van der Waals surface area contributed by atoms with E-state index in [2.05, 4.69) is 27.8 Å². The molecule has 6 nitrogen and oxygen atoms in total. The molecule has 1 aromatic heterocycles. The molecule has 8 heteroatoms. The van der Waals surface area contributed by atoms with Gasteiger partial charge in [0.15, 0.2) is 0 Å². The Morgan fingerprint density at radius 1 is 1.12 bits per heavy atom. The third-order valence-electron chi connectivity index (χ3n) is 6.25. The van der Waals surface area contributed by atoms with E-state index in [-0.39, 0.29) is 17.3 Å². The summed E-state index contributed by atoms with van der Waals surface area (Å²) in [6, 6.07) is 13.8. The molecule has 1 fully saturated rings. The van der Waals surface area contributed by atoms with Crippen LogP contribution in [0.3, 0.4) is 0 Å². The van der Waals surface area contributed by atoms with Gasteiger partial charge in [-0.3, -0.25) is 9.36 Å². The van der Waals surface area contributed by atoms with Crippen molar-refractivity contribution in [1.29, 1.82) is 0 Å². The number of nitrogens with zero attached hydrogens (tertiary/aromatic N) is 3. The van der Waals surface area contributed by atoms with Crippen LogP contribution in [-0.2, 0) is 0 Å². The number of benzene rings is 2. The molecule has 3 aromatic rings. The standard InChI is InChI=1S/C25H22BrFN4O2/c1-15-13-21(28-16-11-12-19(26)20(27)14-16)22-23(29(15)2)30(17-7-4-3-5-8-17)25(33)31(24(22)32)18-9-6-10-18/h3-5,7-8,11-14,18,28H,1,6,9-10H2,2H3. The van der Waals surface area contributed by atoms with Crippen molar-refractivity contribution < 1.29 is 4.39 Å². The fourth-order valence-corrected chi connectivity index (χ4v) is 4.49. The van der Waals surface area contributed by atoms with Gasteiger partial charge in [-0.2, -0.15) is 0 Å². The maximum absolute atomic E-state index is 14.2. The molecule has 0 amide bonds. The Labute approximate surface area is 198 Å². The Kier molecular flexibility index (Phi) is 5.32. The molecule has 0 spiro atoms. The van der Waals surface area contributed by atoms with Crippen molar-refractivity contribution >= 4 is 33.1 Å². The van der Waals surface area contributed by atoms with Gasteiger partial charge >= 0.3 is 5.69 Å². The molecule has 33 heavy (non-hydrogen) atoms. The largest absolute Gasteiger partial charge is 0.355 e. The van der Waals surface area contributed by atoms with Crippen molar-refractivity contribution in [2.24, 2.45) is 0 Å². The van der Waals surface area contributed by atoms with Crippen LogP contribution in [0.15, 0.2) is 80.9 Å². The van der Waals surface area contributed by atoms with Gasteiger partial charge in [0.1, 0.15) is 17.2 Å². The van der Waals surface area contributed by atoms with Gasteiger partial charge in [0, 0.05) is 24.5 Å². The molecule has 2 aromatic carbocycles. The monoisotopic (exact) mass is 508 g/mol. The van der Waals surface area contributed by atoms with Crippen LogP contribution in [-0.4, -0.2) is 16.2 Å². The van der Waals surface area contributed by atoms with Crippen molar-refractivity contribution in [1.82, 2.24) is 9.13 Å². The third-order valence-corrected chi connectivity index (χ3v) is 6.89. The zero-order valence-electron chi connectivity index (χ0n) is 18.0. The van der Waals surface area contributed by atoms with Crippen molar-refractivity contribution in [3.8, 4) is 5.69 Å². The van der Waals surface area contributed by atoms with Crippen molar-refractivity contribution in [3.05, 3.63) is 104 Å². The van der Waals surface area contributed by atoms with E-state index in [0.717, 1.165) is 19.3 Å². The highest BCUT2D eigenvalue weighted by atomic mass is 79.9. The smallest absolute Gasteiger partial charge is 0.337 e. The van der Waals surface area contributed by atoms with E-state index < -0.39 is 5.82 Å². The highest BCUT2D eigenvalue weighted by molar-refractivity contribution is 9.10. The number of allylic oxidation sites excluding steroid dienone is 1.